The van der Waals surface area contributed by atoms with Gasteiger partial charge in [-0.25, -0.2) is 15.0 Å². The van der Waals surface area contributed by atoms with Gasteiger partial charge in [0, 0.05) is 5.75 Å². The molecule has 23 heavy (non-hydrogen) atoms. The monoisotopic (exact) mass is 335 g/mol. The Morgan fingerprint density at radius 3 is 2.96 bits per heavy atom. The van der Waals surface area contributed by atoms with Crippen molar-refractivity contribution in [2.45, 2.75) is 43.8 Å². The van der Waals surface area contributed by atoms with Crippen molar-refractivity contribution in [1.29, 1.82) is 0 Å². The number of nitrogens with two attached hydrogens (primary N) is 1. The minimum Gasteiger partial charge on any atom is -0.389 e. The number of imidazole rings is 1. The number of anilines is 1. The Morgan fingerprint density at radius 2 is 2.26 bits per heavy atom. The van der Waals surface area contributed by atoms with Crippen molar-refractivity contribution < 1.29 is 10.2 Å². The number of allylic oxidation sites excluding steroid dienone is 1. The summed E-state index contributed by atoms with van der Waals surface area (Å²) in [5.41, 5.74) is 7.01. The van der Waals surface area contributed by atoms with Gasteiger partial charge in [-0.2, -0.15) is 0 Å². The van der Waals surface area contributed by atoms with E-state index in [4.69, 9.17) is 5.73 Å². The molecule has 124 valence electrons. The van der Waals surface area contributed by atoms with E-state index in [-0.39, 0.29) is 5.37 Å². The fourth-order valence-corrected chi connectivity index (χ4v) is 3.96. The molecule has 0 aromatic carbocycles. The summed E-state index contributed by atoms with van der Waals surface area (Å²) in [7, 11) is 0. The molecule has 8 heteroatoms. The predicted octanol–water partition coefficient (Wildman–Crippen LogP) is 1.58. The topological polar surface area (TPSA) is 110 Å². The Bertz CT molecular complexity index is 717. The highest BCUT2D eigenvalue weighted by Crippen LogP contribution is 2.39. The predicted molar refractivity (Wildman–Crippen MR) is 91.8 cm³/mol. The third-order valence-corrected chi connectivity index (χ3v) is 5.27. The van der Waals surface area contributed by atoms with E-state index in [1.165, 1.54) is 18.1 Å². The SMILES string of the molecule is CCCC/C=C/c1nc2c(N)ncnc2n1[C@@H]1SC[C@@H](O)[C@H]1O. The summed E-state index contributed by atoms with van der Waals surface area (Å²) in [4.78, 5) is 12.8. The minimum absolute atomic E-state index is 0.315. The molecule has 1 saturated heterocycles. The van der Waals surface area contributed by atoms with Gasteiger partial charge in [0.15, 0.2) is 17.0 Å². The zero-order chi connectivity index (χ0) is 16.4. The zero-order valence-corrected chi connectivity index (χ0v) is 13.8. The highest BCUT2D eigenvalue weighted by molar-refractivity contribution is 7.99. The van der Waals surface area contributed by atoms with Crippen LogP contribution in [0.5, 0.6) is 0 Å². The molecule has 1 aliphatic rings. The maximum atomic E-state index is 10.3. The van der Waals surface area contributed by atoms with Crippen LogP contribution >= 0.6 is 11.8 Å². The molecule has 0 saturated carbocycles. The van der Waals surface area contributed by atoms with Crippen LogP contribution in [0.1, 0.15) is 37.4 Å². The van der Waals surface area contributed by atoms with Crippen LogP contribution in [0.15, 0.2) is 12.4 Å². The Labute approximate surface area is 138 Å². The van der Waals surface area contributed by atoms with Crippen LogP contribution in [0.3, 0.4) is 0 Å². The van der Waals surface area contributed by atoms with Crippen LogP contribution in [-0.4, -0.2) is 47.7 Å². The van der Waals surface area contributed by atoms with Crippen molar-refractivity contribution in [3.63, 3.8) is 0 Å². The number of nitrogen functional groups attached to an aromatic ring is 1. The number of hydrogen-bond acceptors (Lipinski definition) is 7. The van der Waals surface area contributed by atoms with E-state index in [9.17, 15) is 10.2 Å². The summed E-state index contributed by atoms with van der Waals surface area (Å²) in [5, 5.41) is 19.8. The Hall–Kier alpha value is -1.64. The highest BCUT2D eigenvalue weighted by Gasteiger charge is 2.37. The van der Waals surface area contributed by atoms with Crippen molar-refractivity contribution in [2.75, 3.05) is 11.5 Å². The number of hydrogen-bond donors (Lipinski definition) is 3. The Morgan fingerprint density at radius 1 is 1.43 bits per heavy atom. The van der Waals surface area contributed by atoms with Gasteiger partial charge >= 0.3 is 0 Å². The van der Waals surface area contributed by atoms with E-state index in [0.29, 0.717) is 28.6 Å². The van der Waals surface area contributed by atoms with Gasteiger partial charge in [0.25, 0.3) is 0 Å². The molecule has 0 aliphatic carbocycles. The van der Waals surface area contributed by atoms with Crippen molar-refractivity contribution in [1.82, 2.24) is 19.5 Å². The molecule has 2 aromatic heterocycles. The number of unbranched alkanes of at least 4 members (excludes halogenated alkanes) is 2. The summed E-state index contributed by atoms with van der Waals surface area (Å²) in [6, 6.07) is 0. The molecule has 0 unspecified atom stereocenters. The third-order valence-electron chi connectivity index (χ3n) is 3.90. The Balaban J connectivity index is 2.05. The quantitative estimate of drug-likeness (QED) is 0.711. The van der Waals surface area contributed by atoms with E-state index in [1.807, 2.05) is 10.6 Å². The number of thioether (sulfide) groups is 1. The van der Waals surface area contributed by atoms with Crippen molar-refractivity contribution >= 4 is 34.8 Å². The van der Waals surface area contributed by atoms with Crippen LogP contribution in [0.4, 0.5) is 5.82 Å². The van der Waals surface area contributed by atoms with Gasteiger partial charge in [-0.15, -0.1) is 11.8 Å². The molecule has 2 aromatic rings. The van der Waals surface area contributed by atoms with Gasteiger partial charge < -0.3 is 15.9 Å². The second kappa shape index (κ2) is 6.86. The summed E-state index contributed by atoms with van der Waals surface area (Å²) in [6.45, 7) is 2.15. The second-order valence-electron chi connectivity index (χ2n) is 5.60. The minimum atomic E-state index is -0.864. The van der Waals surface area contributed by atoms with E-state index in [2.05, 4.69) is 28.0 Å². The summed E-state index contributed by atoms with van der Waals surface area (Å²) in [6.07, 6.45) is 6.96. The highest BCUT2D eigenvalue weighted by atomic mass is 32.2. The lowest BCUT2D eigenvalue weighted by Crippen LogP contribution is -2.28. The molecule has 3 atom stereocenters. The van der Waals surface area contributed by atoms with Crippen LogP contribution in [0.25, 0.3) is 17.2 Å². The normalized spacial score (nSPS) is 24.9. The molecule has 1 aliphatic heterocycles. The number of nitrogens with zero attached hydrogens (tertiary/aromatic N) is 4. The van der Waals surface area contributed by atoms with E-state index in [0.717, 1.165) is 19.3 Å². The van der Waals surface area contributed by atoms with Gasteiger partial charge in [0.2, 0.25) is 0 Å². The van der Waals surface area contributed by atoms with Gasteiger partial charge in [0.1, 0.15) is 23.6 Å². The maximum absolute atomic E-state index is 10.3. The Kier molecular flexibility index (Phi) is 4.84. The largest absolute Gasteiger partial charge is 0.389 e. The number of aromatic nitrogens is 4. The van der Waals surface area contributed by atoms with Gasteiger partial charge in [0.05, 0.1) is 6.10 Å². The summed E-state index contributed by atoms with van der Waals surface area (Å²) >= 11 is 1.48. The number of aliphatic hydroxyl groups is 2. The molecule has 3 rings (SSSR count). The van der Waals surface area contributed by atoms with Crippen LogP contribution in [0.2, 0.25) is 0 Å². The first-order valence-corrected chi connectivity index (χ1v) is 8.81. The third kappa shape index (κ3) is 3.06. The molecule has 0 spiro atoms. The molecule has 4 N–H and O–H groups in total. The average Bonchev–Trinajstić information content (AvgIpc) is 3.06. The first-order valence-electron chi connectivity index (χ1n) is 7.76. The first kappa shape index (κ1) is 16.2. The van der Waals surface area contributed by atoms with Crippen molar-refractivity contribution in [3.05, 3.63) is 18.2 Å². The molecule has 3 heterocycles. The molecular formula is C15H21N5O2S. The lowest BCUT2D eigenvalue weighted by atomic mass is 10.2. The van der Waals surface area contributed by atoms with E-state index in [1.54, 1.807) is 0 Å². The van der Waals surface area contributed by atoms with E-state index >= 15 is 0 Å². The standard InChI is InChI=1S/C15H21N5O2S/c1-2-3-4-5-6-10-19-11-13(16)17-8-18-14(11)20(10)15-12(22)9(21)7-23-15/h5-6,8-9,12,15,21-22H,2-4,7H2,1H3,(H2,16,17,18)/b6-5+/t9-,12-,15-/m1/s1. The second-order valence-corrected chi connectivity index (χ2v) is 6.75. The van der Waals surface area contributed by atoms with Crippen molar-refractivity contribution in [2.24, 2.45) is 0 Å². The molecule has 0 bridgehead atoms. The first-order chi connectivity index (χ1) is 11.1. The molecule has 0 radical (unpaired) electrons. The van der Waals surface area contributed by atoms with Crippen LogP contribution < -0.4 is 5.73 Å². The number of aliphatic hydroxyl groups excluding tert-OH is 2. The molecule has 1 fully saturated rings. The number of fused-ring (bicyclic) bond motifs is 1. The van der Waals surface area contributed by atoms with Crippen LogP contribution in [-0.2, 0) is 0 Å². The van der Waals surface area contributed by atoms with Crippen LogP contribution in [0, 0.1) is 0 Å². The molecule has 0 amide bonds. The molecular weight excluding hydrogens is 314 g/mol. The maximum Gasteiger partial charge on any atom is 0.166 e. The fourth-order valence-electron chi connectivity index (χ4n) is 2.63. The summed E-state index contributed by atoms with van der Waals surface area (Å²) in [5.74, 6) is 1.47. The lowest BCUT2D eigenvalue weighted by molar-refractivity contribution is 0.0313. The van der Waals surface area contributed by atoms with Crippen molar-refractivity contribution in [3.8, 4) is 0 Å². The zero-order valence-electron chi connectivity index (χ0n) is 13.0. The smallest absolute Gasteiger partial charge is 0.166 e. The fraction of sp³-hybridized carbons (Fsp3) is 0.533. The van der Waals surface area contributed by atoms with Gasteiger partial charge in [-0.3, -0.25) is 4.57 Å². The average molecular weight is 335 g/mol. The summed E-state index contributed by atoms with van der Waals surface area (Å²) < 4.78 is 1.85. The van der Waals surface area contributed by atoms with Gasteiger partial charge in [-0.1, -0.05) is 25.8 Å². The number of rotatable bonds is 5. The van der Waals surface area contributed by atoms with Gasteiger partial charge in [-0.05, 0) is 12.5 Å². The molecule has 7 nitrogen and oxygen atoms in total. The lowest BCUT2D eigenvalue weighted by Gasteiger charge is -2.18. The van der Waals surface area contributed by atoms with E-state index < -0.39 is 12.2 Å².